The van der Waals surface area contributed by atoms with Gasteiger partial charge in [0.05, 0.1) is 18.3 Å². The Labute approximate surface area is 132 Å². The van der Waals surface area contributed by atoms with Crippen LogP contribution in [0.3, 0.4) is 0 Å². The standard InChI is InChI=1S/C14H21N5.C2H3N/c1-3-12-13(15)18-11-8-16-9(2)17-14(11)19(12)10-6-4-5-7-10;1-2-3/h8,10,12H,3-7H2,1-2H3,(H2,15,18);1H3/t12-;/m1./s1. The molecule has 0 radical (unpaired) electrons. The molecular weight excluding hydrogens is 276 g/mol. The molecule has 0 unspecified atom stereocenters. The predicted octanol–water partition coefficient (Wildman–Crippen LogP) is 2.84. The number of rotatable bonds is 2. The van der Waals surface area contributed by atoms with Crippen LogP contribution in [-0.4, -0.2) is 27.9 Å². The fourth-order valence-electron chi connectivity index (χ4n) is 3.24. The van der Waals surface area contributed by atoms with Crippen molar-refractivity contribution in [2.24, 2.45) is 10.7 Å². The van der Waals surface area contributed by atoms with Crippen LogP contribution in [0, 0.1) is 18.3 Å². The fourth-order valence-corrected chi connectivity index (χ4v) is 3.24. The topological polar surface area (TPSA) is 91.2 Å². The number of aliphatic imine (C=N–C) groups is 1. The molecule has 0 spiro atoms. The van der Waals surface area contributed by atoms with Crippen molar-refractivity contribution in [3.8, 4) is 6.07 Å². The van der Waals surface area contributed by atoms with Crippen LogP contribution in [0.5, 0.6) is 0 Å². The highest BCUT2D eigenvalue weighted by Crippen LogP contribution is 2.37. The average Bonchev–Trinajstić information content (AvgIpc) is 3.01. The minimum absolute atomic E-state index is 0.185. The molecule has 1 aliphatic carbocycles. The Hall–Kier alpha value is -2.16. The summed E-state index contributed by atoms with van der Waals surface area (Å²) in [5.74, 6) is 2.47. The number of anilines is 1. The first-order valence-electron chi connectivity index (χ1n) is 7.89. The molecule has 0 aromatic carbocycles. The average molecular weight is 300 g/mol. The number of hydrogen-bond donors (Lipinski definition) is 1. The Morgan fingerprint density at radius 2 is 2.05 bits per heavy atom. The summed E-state index contributed by atoms with van der Waals surface area (Å²) in [7, 11) is 0. The van der Waals surface area contributed by atoms with Crippen molar-refractivity contribution in [1.82, 2.24) is 9.97 Å². The molecule has 2 N–H and O–H groups in total. The quantitative estimate of drug-likeness (QED) is 0.906. The van der Waals surface area contributed by atoms with E-state index in [0.29, 0.717) is 11.9 Å². The zero-order valence-electron chi connectivity index (χ0n) is 13.6. The van der Waals surface area contributed by atoms with Gasteiger partial charge in [-0.25, -0.2) is 15.0 Å². The summed E-state index contributed by atoms with van der Waals surface area (Å²) < 4.78 is 0. The molecule has 22 heavy (non-hydrogen) atoms. The van der Waals surface area contributed by atoms with Gasteiger partial charge in [-0.15, -0.1) is 0 Å². The highest BCUT2D eigenvalue weighted by molar-refractivity contribution is 5.95. The normalized spacial score (nSPS) is 20.5. The fraction of sp³-hybridized carbons (Fsp3) is 0.625. The van der Waals surface area contributed by atoms with Gasteiger partial charge in [0.1, 0.15) is 17.3 Å². The maximum absolute atomic E-state index is 7.32. The third kappa shape index (κ3) is 3.19. The van der Waals surface area contributed by atoms with E-state index in [9.17, 15) is 0 Å². The third-order valence-electron chi connectivity index (χ3n) is 4.15. The van der Waals surface area contributed by atoms with Gasteiger partial charge in [-0.3, -0.25) is 0 Å². The first-order valence-corrected chi connectivity index (χ1v) is 7.89. The predicted molar refractivity (Wildman–Crippen MR) is 88.2 cm³/mol. The zero-order valence-corrected chi connectivity index (χ0v) is 13.6. The summed E-state index contributed by atoms with van der Waals surface area (Å²) in [6, 6.07) is 2.48. The molecule has 3 rings (SSSR count). The van der Waals surface area contributed by atoms with Crippen LogP contribution in [0.4, 0.5) is 11.5 Å². The van der Waals surface area contributed by atoms with E-state index in [4.69, 9.17) is 11.0 Å². The van der Waals surface area contributed by atoms with Crippen molar-refractivity contribution < 1.29 is 0 Å². The number of nitrogens with zero attached hydrogens (tertiary/aromatic N) is 5. The molecule has 1 aromatic heterocycles. The molecule has 1 saturated carbocycles. The Morgan fingerprint density at radius 1 is 1.41 bits per heavy atom. The van der Waals surface area contributed by atoms with E-state index in [1.165, 1.54) is 32.6 Å². The van der Waals surface area contributed by atoms with Gasteiger partial charge < -0.3 is 10.6 Å². The molecule has 2 aliphatic rings. The van der Waals surface area contributed by atoms with Crippen LogP contribution in [-0.2, 0) is 0 Å². The third-order valence-corrected chi connectivity index (χ3v) is 4.15. The highest BCUT2D eigenvalue weighted by Gasteiger charge is 2.35. The van der Waals surface area contributed by atoms with Crippen molar-refractivity contribution >= 4 is 17.3 Å². The minimum Gasteiger partial charge on any atom is -0.385 e. The summed E-state index contributed by atoms with van der Waals surface area (Å²) >= 11 is 0. The van der Waals surface area contributed by atoms with Gasteiger partial charge in [-0.1, -0.05) is 19.8 Å². The number of aromatic nitrogens is 2. The molecule has 1 fully saturated rings. The number of aryl methyl sites for hydroxylation is 1. The molecule has 0 bridgehead atoms. The summed E-state index contributed by atoms with van der Waals surface area (Å²) in [4.78, 5) is 15.8. The zero-order chi connectivity index (χ0) is 16.1. The van der Waals surface area contributed by atoms with Crippen molar-refractivity contribution in [1.29, 1.82) is 5.26 Å². The van der Waals surface area contributed by atoms with Crippen LogP contribution >= 0.6 is 0 Å². The lowest BCUT2D eigenvalue weighted by Gasteiger charge is -2.39. The Kier molecular flexibility index (Phi) is 5.31. The van der Waals surface area contributed by atoms with Gasteiger partial charge in [-0.2, -0.15) is 5.26 Å². The maximum Gasteiger partial charge on any atom is 0.159 e. The lowest BCUT2D eigenvalue weighted by molar-refractivity contribution is 0.549. The summed E-state index contributed by atoms with van der Waals surface area (Å²) in [5.41, 5.74) is 6.97. The molecule has 0 amide bonds. The number of hydrogen-bond acceptors (Lipinski definition) is 6. The van der Waals surface area contributed by atoms with Crippen molar-refractivity contribution in [3.05, 3.63) is 12.0 Å². The van der Waals surface area contributed by atoms with Crippen LogP contribution in [0.1, 0.15) is 51.8 Å². The highest BCUT2D eigenvalue weighted by atomic mass is 15.3. The number of fused-ring (bicyclic) bond motifs is 1. The van der Waals surface area contributed by atoms with E-state index < -0.39 is 0 Å². The van der Waals surface area contributed by atoms with E-state index in [0.717, 1.165) is 23.8 Å². The summed E-state index contributed by atoms with van der Waals surface area (Å²) in [5, 5.41) is 7.32. The lowest BCUT2D eigenvalue weighted by Crippen LogP contribution is -2.51. The Balaban J connectivity index is 0.000000545. The first-order chi connectivity index (χ1) is 10.6. The van der Waals surface area contributed by atoms with Gasteiger partial charge in [-0.05, 0) is 26.2 Å². The lowest BCUT2D eigenvalue weighted by atomic mass is 10.1. The molecule has 1 aliphatic heterocycles. The van der Waals surface area contributed by atoms with Crippen molar-refractivity contribution in [3.63, 3.8) is 0 Å². The van der Waals surface area contributed by atoms with Gasteiger partial charge >= 0.3 is 0 Å². The SMILES string of the molecule is CC#N.CC[C@@H]1C(N)=Nc2cnc(C)nc2N1C1CCCC1. The van der Waals surface area contributed by atoms with Crippen LogP contribution in [0.2, 0.25) is 0 Å². The smallest absolute Gasteiger partial charge is 0.159 e. The van der Waals surface area contributed by atoms with Gasteiger partial charge in [0.15, 0.2) is 5.82 Å². The first kappa shape index (κ1) is 16.2. The van der Waals surface area contributed by atoms with Crippen molar-refractivity contribution in [2.75, 3.05) is 4.90 Å². The van der Waals surface area contributed by atoms with E-state index >= 15 is 0 Å². The molecule has 6 heteroatoms. The summed E-state index contributed by atoms with van der Waals surface area (Å²) in [6.45, 7) is 5.52. The van der Waals surface area contributed by atoms with E-state index in [-0.39, 0.29) is 6.04 Å². The van der Waals surface area contributed by atoms with Gasteiger partial charge in [0.25, 0.3) is 0 Å². The number of nitriles is 1. The molecule has 2 heterocycles. The second-order valence-corrected chi connectivity index (χ2v) is 5.66. The number of amidine groups is 1. The van der Waals surface area contributed by atoms with E-state index in [2.05, 4.69) is 26.8 Å². The second-order valence-electron chi connectivity index (χ2n) is 5.66. The largest absolute Gasteiger partial charge is 0.385 e. The Bertz CT molecular complexity index is 583. The van der Waals surface area contributed by atoms with Crippen LogP contribution in [0.25, 0.3) is 0 Å². The molecule has 1 atom stereocenters. The summed E-state index contributed by atoms with van der Waals surface area (Å²) in [6.07, 6.45) is 7.81. The molecule has 118 valence electrons. The minimum atomic E-state index is 0.185. The Morgan fingerprint density at radius 3 is 2.64 bits per heavy atom. The molecular formula is C16H24N6. The van der Waals surface area contributed by atoms with Crippen LogP contribution in [0.15, 0.2) is 11.2 Å². The monoisotopic (exact) mass is 300 g/mol. The maximum atomic E-state index is 7.32. The van der Waals surface area contributed by atoms with Crippen LogP contribution < -0.4 is 10.6 Å². The molecule has 1 aromatic rings. The van der Waals surface area contributed by atoms with E-state index in [1.807, 2.05) is 6.92 Å². The molecule has 0 saturated heterocycles. The van der Waals surface area contributed by atoms with Crippen molar-refractivity contribution in [2.45, 2.75) is 65.0 Å². The second kappa shape index (κ2) is 7.21. The number of nitrogens with two attached hydrogens (primary N) is 1. The molecule has 6 nitrogen and oxygen atoms in total. The van der Waals surface area contributed by atoms with E-state index in [1.54, 1.807) is 12.3 Å². The van der Waals surface area contributed by atoms with Gasteiger partial charge in [0.2, 0.25) is 0 Å². The van der Waals surface area contributed by atoms with Gasteiger partial charge in [0, 0.05) is 13.0 Å².